The monoisotopic (exact) mass is 952 g/mol. The van der Waals surface area contributed by atoms with E-state index >= 15 is 0 Å². The molecule has 0 radical (unpaired) electrons. The van der Waals surface area contributed by atoms with Crippen LogP contribution in [-0.2, 0) is 0 Å². The molecule has 0 unspecified atom stereocenters. The summed E-state index contributed by atoms with van der Waals surface area (Å²) in [6.07, 6.45) is 0. The second-order valence-corrected chi connectivity index (χ2v) is 20.2. The van der Waals surface area contributed by atoms with E-state index in [2.05, 4.69) is 161 Å². The fourth-order valence-electron chi connectivity index (χ4n) is 11.1. The number of nitriles is 1. The molecule has 0 spiro atoms. The van der Waals surface area contributed by atoms with E-state index in [1.165, 1.54) is 51.1 Å². The molecule has 0 N–H and O–H groups in total. The summed E-state index contributed by atoms with van der Waals surface area (Å²) in [6, 6.07) is 79.4. The zero-order valence-corrected chi connectivity index (χ0v) is 39.9. The smallest absolute Gasteiger partial charge is 0.166 e. The summed E-state index contributed by atoms with van der Waals surface area (Å²) in [5, 5.41) is 21.3. The first-order valence-electron chi connectivity index (χ1n) is 23.9. The second-order valence-electron chi connectivity index (χ2n) is 18.1. The lowest BCUT2D eigenvalue weighted by Crippen LogP contribution is -2.11. The Bertz CT molecular complexity index is 4690. The molecule has 10 aromatic carbocycles. The third-order valence-electron chi connectivity index (χ3n) is 14.2. The number of hydrogen-bond donors (Lipinski definition) is 0. The predicted octanol–water partition coefficient (Wildman–Crippen LogP) is 17.3. The molecule has 6 nitrogen and oxygen atoms in total. The van der Waals surface area contributed by atoms with Crippen LogP contribution in [0.1, 0.15) is 5.56 Å². The Kier molecular flexibility index (Phi) is 8.96. The van der Waals surface area contributed by atoms with E-state index in [1.807, 2.05) is 95.5 Å². The van der Waals surface area contributed by atoms with Crippen molar-refractivity contribution in [3.63, 3.8) is 0 Å². The molecule has 72 heavy (non-hydrogen) atoms. The van der Waals surface area contributed by atoms with Crippen molar-refractivity contribution in [1.29, 1.82) is 5.26 Å². The minimum Gasteiger partial charge on any atom is -0.306 e. The Morgan fingerprint density at radius 1 is 0.361 bits per heavy atom. The largest absolute Gasteiger partial charge is 0.306 e. The highest BCUT2D eigenvalue weighted by Crippen LogP contribution is 2.51. The molecule has 0 aliphatic rings. The molecule has 0 fully saturated rings. The Labute approximate surface area is 420 Å². The van der Waals surface area contributed by atoms with E-state index in [9.17, 15) is 5.26 Å². The minimum absolute atomic E-state index is 0.455. The molecule has 15 rings (SSSR count). The quantitative estimate of drug-likeness (QED) is 0.166. The van der Waals surface area contributed by atoms with Crippen LogP contribution < -0.4 is 0 Å². The molecular weight excluding hydrogens is 917 g/mol. The molecule has 0 saturated heterocycles. The summed E-state index contributed by atoms with van der Waals surface area (Å²) in [5.41, 5.74) is 10.5. The molecule has 0 bridgehead atoms. The number of benzene rings is 10. The van der Waals surface area contributed by atoms with Crippen molar-refractivity contribution in [1.82, 2.24) is 24.1 Å². The highest BCUT2D eigenvalue weighted by Gasteiger charge is 2.31. The van der Waals surface area contributed by atoms with Crippen LogP contribution >= 0.6 is 22.7 Å². The Morgan fingerprint density at radius 2 is 0.778 bits per heavy atom. The zero-order chi connectivity index (χ0) is 47.4. The number of nitrogens with zero attached hydrogens (tertiary/aromatic N) is 6. The summed E-state index contributed by atoms with van der Waals surface area (Å²) in [7, 11) is 0. The summed E-state index contributed by atoms with van der Waals surface area (Å²) in [4.78, 5) is 16.1. The standard InChI is InChI=1S/C64H36N6S2/c65-37-41-36-48(64-67-62(39-20-6-2-7-21-39)66-63(68-64)40-22-8-3-9-23-40)58(69-49-28-14-10-26-46(49)56-51(69)34-32-44-42-24-12-16-30-53(42)71-60(44)56)59(55(41)38-18-4-1-5-19-38)70-50-29-15-11-27-47(50)57-52(70)35-33-45-43-25-13-17-31-54(43)72-61(45)57/h1-36H. The maximum absolute atomic E-state index is 11.7. The maximum Gasteiger partial charge on any atom is 0.166 e. The Morgan fingerprint density at radius 3 is 1.28 bits per heavy atom. The lowest BCUT2D eigenvalue weighted by Gasteiger charge is -2.24. The molecule has 0 atom stereocenters. The van der Waals surface area contributed by atoms with Gasteiger partial charge in [0.15, 0.2) is 17.5 Å². The number of hydrogen-bond acceptors (Lipinski definition) is 6. The maximum atomic E-state index is 11.7. The molecule has 334 valence electrons. The van der Waals surface area contributed by atoms with E-state index in [-0.39, 0.29) is 0 Å². The molecule has 0 aliphatic carbocycles. The molecule has 0 amide bonds. The number of thiophene rings is 2. The molecule has 5 heterocycles. The molecule has 0 aliphatic heterocycles. The average Bonchev–Trinajstić information content (AvgIpc) is 4.21. The van der Waals surface area contributed by atoms with Crippen LogP contribution in [0.25, 0.3) is 141 Å². The van der Waals surface area contributed by atoms with E-state index in [1.54, 1.807) is 0 Å². The fourth-order valence-corrected chi connectivity index (χ4v) is 13.7. The molecule has 0 saturated carbocycles. The van der Waals surface area contributed by atoms with Gasteiger partial charge >= 0.3 is 0 Å². The number of rotatable bonds is 6. The highest BCUT2D eigenvalue weighted by molar-refractivity contribution is 7.27. The summed E-state index contributed by atoms with van der Waals surface area (Å²) in [6.45, 7) is 0. The average molecular weight is 953 g/mol. The lowest BCUT2D eigenvalue weighted by molar-refractivity contribution is 1.05. The van der Waals surface area contributed by atoms with E-state index in [0.717, 1.165) is 66.5 Å². The highest BCUT2D eigenvalue weighted by atomic mass is 32.1. The van der Waals surface area contributed by atoms with Crippen molar-refractivity contribution >= 4 is 107 Å². The fraction of sp³-hybridized carbons (Fsp3) is 0. The summed E-state index contributed by atoms with van der Waals surface area (Å²) >= 11 is 3.67. The van der Waals surface area contributed by atoms with Gasteiger partial charge in [-0.2, -0.15) is 5.26 Å². The van der Waals surface area contributed by atoms with Crippen molar-refractivity contribution in [2.24, 2.45) is 0 Å². The van der Waals surface area contributed by atoms with Crippen LogP contribution in [-0.4, -0.2) is 24.1 Å². The van der Waals surface area contributed by atoms with Gasteiger partial charge in [-0.3, -0.25) is 0 Å². The van der Waals surface area contributed by atoms with Gasteiger partial charge in [-0.15, -0.1) is 22.7 Å². The number of para-hydroxylation sites is 2. The SMILES string of the molecule is N#Cc1cc(-c2nc(-c3ccccc3)nc(-c3ccccc3)n2)c(-n2c3ccccc3c3c4sc5ccccc5c4ccc32)c(-n2c3ccccc3c3c4sc5ccccc5c4ccc32)c1-c1ccccc1. The van der Waals surface area contributed by atoms with Gasteiger partial charge in [-0.1, -0.05) is 176 Å². The van der Waals surface area contributed by atoms with Crippen molar-refractivity contribution in [3.8, 4) is 62.7 Å². The van der Waals surface area contributed by atoms with Crippen LogP contribution in [0.2, 0.25) is 0 Å². The van der Waals surface area contributed by atoms with E-state index in [0.29, 0.717) is 28.6 Å². The normalized spacial score (nSPS) is 11.9. The topological polar surface area (TPSA) is 72.3 Å². The number of fused-ring (bicyclic) bond motifs is 14. The molecule has 5 aromatic heterocycles. The first kappa shape index (κ1) is 40.6. The molecular formula is C64H36N6S2. The van der Waals surface area contributed by atoms with Gasteiger partial charge in [-0.25, -0.2) is 15.0 Å². The Hall–Kier alpha value is -9.26. The van der Waals surface area contributed by atoms with Gasteiger partial charge in [0.2, 0.25) is 0 Å². The lowest BCUT2D eigenvalue weighted by atomic mass is 9.92. The van der Waals surface area contributed by atoms with E-state index in [4.69, 9.17) is 15.0 Å². The van der Waals surface area contributed by atoms with Crippen LogP contribution in [0.15, 0.2) is 218 Å². The third kappa shape index (κ3) is 5.96. The van der Waals surface area contributed by atoms with Crippen molar-refractivity contribution in [2.75, 3.05) is 0 Å². The summed E-state index contributed by atoms with van der Waals surface area (Å²) in [5.74, 6) is 1.53. The van der Waals surface area contributed by atoms with E-state index < -0.39 is 0 Å². The van der Waals surface area contributed by atoms with Gasteiger partial charge in [0, 0.05) is 84.1 Å². The molecule has 15 aromatic rings. The van der Waals surface area contributed by atoms with Gasteiger partial charge in [0.1, 0.15) is 0 Å². The first-order chi connectivity index (χ1) is 35.7. The minimum atomic E-state index is 0.455. The van der Waals surface area contributed by atoms with Crippen molar-refractivity contribution in [2.45, 2.75) is 0 Å². The third-order valence-corrected chi connectivity index (χ3v) is 16.6. The van der Waals surface area contributed by atoms with Crippen molar-refractivity contribution in [3.05, 3.63) is 224 Å². The van der Waals surface area contributed by atoms with Gasteiger partial charge in [0.05, 0.1) is 45.1 Å². The van der Waals surface area contributed by atoms with Crippen molar-refractivity contribution < 1.29 is 0 Å². The molecule has 8 heteroatoms. The van der Waals surface area contributed by atoms with Crippen LogP contribution in [0.5, 0.6) is 0 Å². The van der Waals surface area contributed by atoms with Gasteiger partial charge < -0.3 is 9.13 Å². The van der Waals surface area contributed by atoms with Crippen LogP contribution in [0.3, 0.4) is 0 Å². The Balaban J connectivity index is 1.19. The zero-order valence-electron chi connectivity index (χ0n) is 38.3. The second kappa shape index (κ2) is 15.9. The first-order valence-corrected chi connectivity index (χ1v) is 25.5. The van der Waals surface area contributed by atoms with Gasteiger partial charge in [0.25, 0.3) is 0 Å². The predicted molar refractivity (Wildman–Crippen MR) is 301 cm³/mol. The van der Waals surface area contributed by atoms with Crippen LogP contribution in [0.4, 0.5) is 0 Å². The van der Waals surface area contributed by atoms with Gasteiger partial charge in [-0.05, 0) is 48.0 Å². The summed E-state index contributed by atoms with van der Waals surface area (Å²) < 4.78 is 9.79. The number of aromatic nitrogens is 5. The van der Waals surface area contributed by atoms with Crippen LogP contribution in [0, 0.1) is 11.3 Å².